The number of nitrogens with zero attached hydrogens (tertiary/aromatic N) is 4. The van der Waals surface area contributed by atoms with Crippen LogP contribution in [0, 0.1) is 6.92 Å². The van der Waals surface area contributed by atoms with Gasteiger partial charge in [0.2, 0.25) is 15.9 Å². The molecule has 33 heavy (non-hydrogen) atoms. The molecule has 0 bridgehead atoms. The molecule has 0 spiro atoms. The van der Waals surface area contributed by atoms with Crippen molar-refractivity contribution in [1.29, 1.82) is 0 Å². The number of anilines is 2. The maximum Gasteiger partial charge on any atom is 0.243 e. The molecule has 1 aliphatic rings. The summed E-state index contributed by atoms with van der Waals surface area (Å²) < 4.78 is 29.3. The number of sulfonamides is 1. The number of hydrogen-bond donors (Lipinski definition) is 2. The van der Waals surface area contributed by atoms with Crippen LogP contribution < -0.4 is 10.6 Å². The molecule has 9 nitrogen and oxygen atoms in total. The molecule has 0 saturated carbocycles. The van der Waals surface area contributed by atoms with Crippen LogP contribution in [0.25, 0.3) is 5.69 Å². The van der Waals surface area contributed by atoms with Crippen LogP contribution in [-0.2, 0) is 14.8 Å². The SMILES string of the molecule is Cc1ccc(NCC(=O)Nc2cc(Cl)ccc2-n2cncn2)cc1S(=O)(=O)N1CCCCC1. The number of halogens is 1. The van der Waals surface area contributed by atoms with Crippen molar-refractivity contribution in [3.05, 3.63) is 59.6 Å². The Morgan fingerprint density at radius 1 is 1.12 bits per heavy atom. The van der Waals surface area contributed by atoms with Gasteiger partial charge in [-0.25, -0.2) is 18.1 Å². The first kappa shape index (κ1) is 23.2. The molecule has 2 heterocycles. The summed E-state index contributed by atoms with van der Waals surface area (Å²) in [6.45, 7) is 2.79. The van der Waals surface area contributed by atoms with E-state index in [1.807, 2.05) is 0 Å². The molecule has 0 radical (unpaired) electrons. The number of nitrogens with one attached hydrogen (secondary N) is 2. The summed E-state index contributed by atoms with van der Waals surface area (Å²) in [5.74, 6) is -0.320. The molecule has 11 heteroatoms. The predicted molar refractivity (Wildman–Crippen MR) is 127 cm³/mol. The maximum atomic E-state index is 13.1. The van der Waals surface area contributed by atoms with Crippen molar-refractivity contribution in [2.75, 3.05) is 30.3 Å². The molecule has 0 unspecified atom stereocenters. The van der Waals surface area contributed by atoms with Crippen molar-refractivity contribution in [2.24, 2.45) is 0 Å². The summed E-state index contributed by atoms with van der Waals surface area (Å²) in [4.78, 5) is 16.8. The Morgan fingerprint density at radius 3 is 2.64 bits per heavy atom. The van der Waals surface area contributed by atoms with Crippen LogP contribution in [0.3, 0.4) is 0 Å². The van der Waals surface area contributed by atoms with E-state index < -0.39 is 10.0 Å². The number of aryl methyl sites for hydroxylation is 1. The number of carbonyl (C=O) groups is 1. The second kappa shape index (κ2) is 9.90. The van der Waals surface area contributed by atoms with Crippen molar-refractivity contribution in [3.63, 3.8) is 0 Å². The lowest BCUT2D eigenvalue weighted by molar-refractivity contribution is -0.114. The summed E-state index contributed by atoms with van der Waals surface area (Å²) in [5.41, 5.74) is 2.33. The Labute approximate surface area is 197 Å². The van der Waals surface area contributed by atoms with Crippen LogP contribution in [-0.4, -0.2) is 53.0 Å². The molecular formula is C22H25ClN6O3S. The van der Waals surface area contributed by atoms with E-state index in [1.54, 1.807) is 47.6 Å². The standard InChI is InChI=1S/C22H25ClN6O3S/c1-16-5-7-18(12-21(16)33(31,32)28-9-3-2-4-10-28)25-13-22(30)27-19-11-17(23)6-8-20(19)29-15-24-14-26-29/h5-8,11-12,14-15,25H,2-4,9-10,13H2,1H3,(H,27,30). The summed E-state index contributed by atoms with van der Waals surface area (Å²) >= 11 is 6.10. The van der Waals surface area contributed by atoms with Crippen molar-refractivity contribution in [1.82, 2.24) is 19.1 Å². The van der Waals surface area contributed by atoms with E-state index in [1.165, 1.54) is 17.3 Å². The molecular weight excluding hydrogens is 464 g/mol. The van der Waals surface area contributed by atoms with E-state index in [0.29, 0.717) is 40.7 Å². The van der Waals surface area contributed by atoms with E-state index in [0.717, 1.165) is 19.3 Å². The van der Waals surface area contributed by atoms with E-state index in [-0.39, 0.29) is 17.3 Å². The first-order valence-electron chi connectivity index (χ1n) is 10.6. The number of carbonyl (C=O) groups excluding carboxylic acids is 1. The van der Waals surface area contributed by atoms with Crippen molar-refractivity contribution >= 4 is 38.9 Å². The Kier molecular flexibility index (Phi) is 6.96. The third kappa shape index (κ3) is 5.35. The van der Waals surface area contributed by atoms with Crippen molar-refractivity contribution in [3.8, 4) is 5.69 Å². The molecule has 1 aliphatic heterocycles. The smallest absolute Gasteiger partial charge is 0.243 e. The highest BCUT2D eigenvalue weighted by Gasteiger charge is 2.27. The Hall–Kier alpha value is -2.95. The average Bonchev–Trinajstić information content (AvgIpc) is 3.34. The molecule has 2 aromatic carbocycles. The van der Waals surface area contributed by atoms with Gasteiger partial charge < -0.3 is 10.6 Å². The zero-order chi connectivity index (χ0) is 23.4. The summed E-state index contributed by atoms with van der Waals surface area (Å²) in [7, 11) is -3.58. The van der Waals surface area contributed by atoms with Gasteiger partial charge in [0.1, 0.15) is 12.7 Å². The first-order chi connectivity index (χ1) is 15.8. The third-order valence-electron chi connectivity index (χ3n) is 5.47. The monoisotopic (exact) mass is 488 g/mol. The number of aromatic nitrogens is 3. The predicted octanol–water partition coefficient (Wildman–Crippen LogP) is 3.45. The van der Waals surface area contributed by atoms with E-state index in [2.05, 4.69) is 20.7 Å². The highest BCUT2D eigenvalue weighted by atomic mass is 35.5. The third-order valence-corrected chi connectivity index (χ3v) is 7.75. The topological polar surface area (TPSA) is 109 Å². The minimum Gasteiger partial charge on any atom is -0.376 e. The van der Waals surface area contributed by atoms with Gasteiger partial charge in [0.25, 0.3) is 0 Å². The molecule has 3 aromatic rings. The van der Waals surface area contributed by atoms with Crippen LogP contribution >= 0.6 is 11.6 Å². The fourth-order valence-corrected chi connectivity index (χ4v) is 5.69. The quantitative estimate of drug-likeness (QED) is 0.527. The Morgan fingerprint density at radius 2 is 1.91 bits per heavy atom. The van der Waals surface area contributed by atoms with Gasteiger partial charge in [-0.15, -0.1) is 0 Å². The average molecular weight is 489 g/mol. The van der Waals surface area contributed by atoms with Gasteiger partial charge in [0.05, 0.1) is 22.8 Å². The van der Waals surface area contributed by atoms with Crippen molar-refractivity contribution < 1.29 is 13.2 Å². The lowest BCUT2D eigenvalue weighted by atomic mass is 10.2. The van der Waals surface area contributed by atoms with Gasteiger partial charge in [-0.3, -0.25) is 4.79 Å². The normalized spacial score (nSPS) is 14.7. The fraction of sp³-hybridized carbons (Fsp3) is 0.318. The lowest BCUT2D eigenvalue weighted by Gasteiger charge is -2.26. The van der Waals surface area contributed by atoms with Crippen LogP contribution in [0.4, 0.5) is 11.4 Å². The van der Waals surface area contributed by atoms with Gasteiger partial charge >= 0.3 is 0 Å². The largest absolute Gasteiger partial charge is 0.376 e. The molecule has 2 N–H and O–H groups in total. The van der Waals surface area contributed by atoms with E-state index in [9.17, 15) is 13.2 Å². The van der Waals surface area contributed by atoms with Crippen LogP contribution in [0.2, 0.25) is 5.02 Å². The molecule has 1 amide bonds. The van der Waals surface area contributed by atoms with Crippen LogP contribution in [0.5, 0.6) is 0 Å². The van der Waals surface area contributed by atoms with Gasteiger partial charge in [-0.2, -0.15) is 9.40 Å². The second-order valence-corrected chi connectivity index (χ2v) is 10.2. The van der Waals surface area contributed by atoms with Gasteiger partial charge in [-0.1, -0.05) is 24.1 Å². The molecule has 174 valence electrons. The van der Waals surface area contributed by atoms with Gasteiger partial charge in [0.15, 0.2) is 0 Å². The summed E-state index contributed by atoms with van der Waals surface area (Å²) in [6, 6.07) is 10.2. The lowest BCUT2D eigenvalue weighted by Crippen LogP contribution is -2.36. The minimum absolute atomic E-state index is 0.0599. The van der Waals surface area contributed by atoms with E-state index in [4.69, 9.17) is 11.6 Å². The van der Waals surface area contributed by atoms with Crippen LogP contribution in [0.15, 0.2) is 53.9 Å². The van der Waals surface area contributed by atoms with Gasteiger partial charge in [-0.05, 0) is 55.7 Å². The fourth-order valence-electron chi connectivity index (χ4n) is 3.75. The molecule has 1 aromatic heterocycles. The van der Waals surface area contributed by atoms with E-state index >= 15 is 0 Å². The molecule has 0 aliphatic carbocycles. The molecule has 4 rings (SSSR count). The zero-order valence-electron chi connectivity index (χ0n) is 18.2. The summed E-state index contributed by atoms with van der Waals surface area (Å²) in [6.07, 6.45) is 5.71. The number of piperidine rings is 1. The molecule has 1 saturated heterocycles. The molecule has 0 atom stereocenters. The minimum atomic E-state index is -3.58. The molecule has 1 fully saturated rings. The Bertz CT molecular complexity index is 1240. The maximum absolute atomic E-state index is 13.1. The second-order valence-electron chi connectivity index (χ2n) is 7.85. The van der Waals surface area contributed by atoms with Crippen LogP contribution in [0.1, 0.15) is 24.8 Å². The number of rotatable bonds is 7. The number of benzene rings is 2. The first-order valence-corrected chi connectivity index (χ1v) is 12.5. The summed E-state index contributed by atoms with van der Waals surface area (Å²) in [5, 5.41) is 10.4. The highest BCUT2D eigenvalue weighted by molar-refractivity contribution is 7.89. The Balaban J connectivity index is 1.47. The van der Waals surface area contributed by atoms with Gasteiger partial charge in [0, 0.05) is 23.8 Å². The zero-order valence-corrected chi connectivity index (χ0v) is 19.7. The number of amides is 1. The number of hydrogen-bond acceptors (Lipinski definition) is 6. The van der Waals surface area contributed by atoms with Crippen molar-refractivity contribution in [2.45, 2.75) is 31.1 Å². The highest BCUT2D eigenvalue weighted by Crippen LogP contribution is 2.26.